The Labute approximate surface area is 382 Å². The molecular weight excluding hydrogens is 827 g/mol. The van der Waals surface area contributed by atoms with Crippen LogP contribution in [0.25, 0.3) is 11.6 Å². The first kappa shape index (κ1) is 44.1. The van der Waals surface area contributed by atoms with Gasteiger partial charge in [-0.1, -0.05) is 130 Å². The maximum absolute atomic E-state index is 14.9. The van der Waals surface area contributed by atoms with Crippen molar-refractivity contribution in [3.63, 3.8) is 0 Å². The Bertz CT molecular complexity index is 2630. The highest BCUT2D eigenvalue weighted by molar-refractivity contribution is 6.99. The van der Waals surface area contributed by atoms with Crippen LogP contribution in [0.15, 0.2) is 173 Å². The Morgan fingerprint density at radius 1 is 0.785 bits per heavy atom. The molecule has 0 saturated carbocycles. The quantitative estimate of drug-likeness (QED) is 0.0563. The first-order chi connectivity index (χ1) is 31.5. The van der Waals surface area contributed by atoms with Crippen molar-refractivity contribution in [1.29, 1.82) is 0 Å². The number of fused-ring (bicyclic) bond motifs is 3. The lowest BCUT2D eigenvalue weighted by Crippen LogP contribution is -2.66. The van der Waals surface area contributed by atoms with Gasteiger partial charge in [0, 0.05) is 11.4 Å². The van der Waals surface area contributed by atoms with Crippen molar-refractivity contribution < 1.29 is 33.2 Å². The van der Waals surface area contributed by atoms with Crippen LogP contribution >= 0.6 is 0 Å². The molecule has 1 aromatic heterocycles. The molecule has 2 amide bonds. The Morgan fingerprint density at radius 3 is 1.98 bits per heavy atom. The predicted octanol–water partition coefficient (Wildman–Crippen LogP) is 9.41. The van der Waals surface area contributed by atoms with E-state index in [-0.39, 0.29) is 36.4 Å². The molecule has 2 saturated heterocycles. The van der Waals surface area contributed by atoms with E-state index in [4.69, 9.17) is 13.5 Å². The number of anilines is 3. The number of imide groups is 1. The molecule has 6 aromatic rings. The van der Waals surface area contributed by atoms with Crippen LogP contribution in [0.5, 0.6) is 0 Å². The number of hydrogen-bond donors (Lipinski definition) is 3. The molecule has 1 aliphatic carbocycles. The van der Waals surface area contributed by atoms with Crippen LogP contribution in [-0.4, -0.2) is 50.1 Å². The van der Waals surface area contributed by atoms with E-state index in [9.17, 15) is 19.7 Å². The summed E-state index contributed by atoms with van der Waals surface area (Å²) in [6, 6.07) is 51.9. The van der Waals surface area contributed by atoms with Gasteiger partial charge in [0.05, 0.1) is 30.2 Å². The van der Waals surface area contributed by atoms with Crippen molar-refractivity contribution >= 4 is 66.3 Å². The fourth-order valence-corrected chi connectivity index (χ4v) is 15.0. The maximum atomic E-state index is 14.9. The Morgan fingerprint density at radius 2 is 1.38 bits per heavy atom. The Hall–Kier alpha value is -6.08. The van der Waals surface area contributed by atoms with Crippen molar-refractivity contribution in [2.45, 2.75) is 64.1 Å². The standard InChI is InChI=1S/C54H55BN2O7Si/c1-54(2,3)65(45-20-12-6-13-21-45,46-22-14-7-15-23-46)62-36-39-33-47-51(53(60)57(52(47)59)42-27-25-41(26-28-42)56-40-18-10-5-11-19-40)48-34-55(61)64-49(50(39)48)31-24-38(37-16-8-4-9-17-37)32-43-29-30-44(35-58)63-43/h4-23,25-30,32,47-49,51,56,58,61H,24,31,33-36H2,1-3H3/b38-32-/t47-,48+,49-,51-/m1/s1. The zero-order valence-corrected chi connectivity index (χ0v) is 38.1. The number of furan rings is 1. The summed E-state index contributed by atoms with van der Waals surface area (Å²) >= 11 is 0. The predicted molar refractivity (Wildman–Crippen MR) is 260 cm³/mol. The number of nitrogens with one attached hydrogen (secondary N) is 1. The van der Waals surface area contributed by atoms with Crippen LogP contribution in [0, 0.1) is 17.8 Å². The summed E-state index contributed by atoms with van der Waals surface area (Å²) in [6.45, 7) is 6.78. The van der Waals surface area contributed by atoms with Crippen molar-refractivity contribution in [2.75, 3.05) is 16.8 Å². The summed E-state index contributed by atoms with van der Waals surface area (Å²) in [6.07, 6.45) is 2.96. The number of hydrogen-bond acceptors (Lipinski definition) is 8. The van der Waals surface area contributed by atoms with Gasteiger partial charge in [0.25, 0.3) is 8.32 Å². The summed E-state index contributed by atoms with van der Waals surface area (Å²) in [5, 5.41) is 26.7. The number of carbonyl (C=O) groups is 2. The molecule has 9 nitrogen and oxygen atoms in total. The second kappa shape index (κ2) is 18.8. The second-order valence-corrected chi connectivity index (χ2v) is 22.7. The monoisotopic (exact) mass is 882 g/mol. The molecule has 0 unspecified atom stereocenters. The van der Waals surface area contributed by atoms with E-state index in [1.807, 2.05) is 97.1 Å². The minimum absolute atomic E-state index is 0.181. The molecule has 65 heavy (non-hydrogen) atoms. The van der Waals surface area contributed by atoms with Crippen molar-refractivity contribution in [3.8, 4) is 0 Å². The van der Waals surface area contributed by atoms with Gasteiger partial charge in [0.15, 0.2) is 0 Å². The van der Waals surface area contributed by atoms with E-state index in [1.54, 1.807) is 6.07 Å². The summed E-state index contributed by atoms with van der Waals surface area (Å²) in [5.74, 6) is -1.17. The number of carbonyl (C=O) groups excluding carboxylic acids is 2. The van der Waals surface area contributed by atoms with E-state index in [0.717, 1.165) is 44.0 Å². The third kappa shape index (κ3) is 8.87. The molecular formula is C54H55BN2O7Si. The molecule has 0 spiro atoms. The minimum atomic E-state index is -3.04. The number of amides is 2. The highest BCUT2D eigenvalue weighted by Gasteiger charge is 2.58. The number of benzene rings is 5. The summed E-state index contributed by atoms with van der Waals surface area (Å²) in [4.78, 5) is 31.0. The minimum Gasteiger partial charge on any atom is -0.459 e. The lowest BCUT2D eigenvalue weighted by atomic mass is 9.58. The first-order valence-electron chi connectivity index (χ1n) is 22.6. The Balaban J connectivity index is 1.10. The topological polar surface area (TPSA) is 121 Å². The Kier molecular flexibility index (Phi) is 12.8. The van der Waals surface area contributed by atoms with Gasteiger partial charge in [-0.15, -0.1) is 0 Å². The van der Waals surface area contributed by atoms with Crippen LogP contribution in [0.2, 0.25) is 11.4 Å². The van der Waals surface area contributed by atoms with Gasteiger partial charge < -0.3 is 28.9 Å². The summed E-state index contributed by atoms with van der Waals surface area (Å²) in [5.41, 5.74) is 6.19. The van der Waals surface area contributed by atoms with E-state index in [1.165, 1.54) is 4.90 Å². The molecule has 3 N–H and O–H groups in total. The zero-order valence-electron chi connectivity index (χ0n) is 37.1. The molecule has 11 heteroatoms. The van der Waals surface area contributed by atoms with Crippen LogP contribution in [0.3, 0.4) is 0 Å². The molecule has 5 aromatic carbocycles. The van der Waals surface area contributed by atoms with Gasteiger partial charge in [0.2, 0.25) is 11.8 Å². The van der Waals surface area contributed by atoms with E-state index >= 15 is 0 Å². The molecule has 3 heterocycles. The largest absolute Gasteiger partial charge is 0.459 e. The third-order valence-corrected chi connectivity index (χ3v) is 18.3. The average Bonchev–Trinajstić information content (AvgIpc) is 3.89. The highest BCUT2D eigenvalue weighted by atomic mass is 28.4. The molecule has 4 atom stereocenters. The van der Waals surface area contributed by atoms with Gasteiger partial charge in [-0.2, -0.15) is 0 Å². The fourth-order valence-electron chi connectivity index (χ4n) is 10.5. The average molecular weight is 883 g/mol. The molecule has 0 bridgehead atoms. The van der Waals surface area contributed by atoms with Crippen molar-refractivity contribution in [3.05, 3.63) is 186 Å². The van der Waals surface area contributed by atoms with Crippen LogP contribution < -0.4 is 20.6 Å². The molecule has 2 aliphatic heterocycles. The molecule has 0 radical (unpaired) electrons. The fraction of sp³-hybridized carbons (Fsp3) is 0.259. The summed E-state index contributed by atoms with van der Waals surface area (Å²) < 4.78 is 20.1. The first-order valence-corrected chi connectivity index (χ1v) is 24.5. The van der Waals surface area contributed by atoms with Crippen molar-refractivity contribution in [2.24, 2.45) is 17.8 Å². The van der Waals surface area contributed by atoms with Crippen molar-refractivity contribution in [1.82, 2.24) is 0 Å². The van der Waals surface area contributed by atoms with Gasteiger partial charge in [-0.25, -0.2) is 0 Å². The van der Waals surface area contributed by atoms with Crippen LogP contribution in [0.4, 0.5) is 17.1 Å². The zero-order chi connectivity index (χ0) is 45.1. The number of allylic oxidation sites excluding steroid dienone is 1. The van der Waals surface area contributed by atoms with Gasteiger partial charge in [-0.05, 0) is 124 Å². The number of para-hydroxylation sites is 1. The van der Waals surface area contributed by atoms with Crippen LogP contribution in [0.1, 0.15) is 57.1 Å². The smallest absolute Gasteiger partial charge is 0.455 e. The van der Waals surface area contributed by atoms with E-state index in [0.29, 0.717) is 36.5 Å². The normalized spacial score (nSPS) is 20.2. The molecule has 9 rings (SSSR count). The lowest BCUT2D eigenvalue weighted by molar-refractivity contribution is -0.122. The summed E-state index contributed by atoms with van der Waals surface area (Å²) in [7, 11) is -4.19. The van der Waals surface area contributed by atoms with E-state index in [2.05, 4.69) is 86.8 Å². The van der Waals surface area contributed by atoms with E-state index < -0.39 is 39.3 Å². The maximum Gasteiger partial charge on any atom is 0.455 e. The molecule has 3 aliphatic rings. The van der Waals surface area contributed by atoms with Gasteiger partial charge >= 0.3 is 7.12 Å². The van der Waals surface area contributed by atoms with Gasteiger partial charge in [-0.3, -0.25) is 14.5 Å². The number of nitrogens with zero attached hydrogens (tertiary/aromatic N) is 1. The number of aliphatic hydroxyl groups is 1. The third-order valence-electron chi connectivity index (χ3n) is 13.4. The highest BCUT2D eigenvalue weighted by Crippen LogP contribution is 2.52. The SMILES string of the molecule is CC(C)(C)[Si](OCC1=C2[C@@H](CC/C(=C/c3ccc(CO)o3)c3ccccc3)OB(O)C[C@@H]2[C@@H]2C(=O)N(c3ccc(Nc4ccccc4)cc3)C(=O)[C@@H]2C1)(c1ccccc1)c1ccccc1. The lowest BCUT2D eigenvalue weighted by Gasteiger charge is -2.46. The molecule has 2 fully saturated rings. The van der Waals surface area contributed by atoms with Crippen LogP contribution in [-0.2, 0) is 25.3 Å². The number of rotatable bonds is 14. The van der Waals surface area contributed by atoms with Gasteiger partial charge in [0.1, 0.15) is 18.1 Å². The molecule has 330 valence electrons. The number of aliphatic hydroxyl groups excluding tert-OH is 1. The second-order valence-electron chi connectivity index (χ2n) is 18.4.